The first-order valence-corrected chi connectivity index (χ1v) is 9.34. The molecule has 1 saturated heterocycles. The Bertz CT molecular complexity index is 779. The van der Waals surface area contributed by atoms with Crippen LogP contribution in [0, 0.1) is 6.92 Å². The summed E-state index contributed by atoms with van der Waals surface area (Å²) < 4.78 is 33.2. The Kier molecular flexibility index (Phi) is 5.75. The normalized spacial score (nSPS) is 17.8. The van der Waals surface area contributed by atoms with Gasteiger partial charge in [-0.1, -0.05) is 29.8 Å². The third-order valence-corrected chi connectivity index (χ3v) is 5.08. The van der Waals surface area contributed by atoms with E-state index in [2.05, 4.69) is 0 Å². The third kappa shape index (κ3) is 4.14. The van der Waals surface area contributed by atoms with Crippen molar-refractivity contribution in [3.63, 3.8) is 0 Å². The van der Waals surface area contributed by atoms with Crippen LogP contribution in [0.1, 0.15) is 47.3 Å². The lowest BCUT2D eigenvalue weighted by Crippen LogP contribution is -2.36. The average molecular weight is 378 g/mol. The van der Waals surface area contributed by atoms with Gasteiger partial charge in [0.1, 0.15) is 5.76 Å². The highest BCUT2D eigenvalue weighted by Crippen LogP contribution is 2.37. The lowest BCUT2D eigenvalue weighted by Gasteiger charge is -2.30. The molecule has 3 rings (SSSR count). The summed E-state index contributed by atoms with van der Waals surface area (Å²) in [5.74, 6) is 0.544. The maximum absolute atomic E-state index is 11.2. The van der Waals surface area contributed by atoms with E-state index in [1.165, 1.54) is 11.2 Å². The van der Waals surface area contributed by atoms with E-state index in [4.69, 9.17) is 13.7 Å². The highest BCUT2D eigenvalue weighted by molar-refractivity contribution is 7.74. The van der Waals surface area contributed by atoms with Crippen LogP contribution in [0.3, 0.4) is 0 Å². The molecule has 8 heteroatoms. The van der Waals surface area contributed by atoms with Crippen molar-refractivity contribution in [1.29, 1.82) is 0 Å². The van der Waals surface area contributed by atoms with Crippen LogP contribution in [-0.4, -0.2) is 38.0 Å². The van der Waals surface area contributed by atoms with Crippen LogP contribution in [0.5, 0.6) is 0 Å². The zero-order valence-corrected chi connectivity index (χ0v) is 15.1. The summed E-state index contributed by atoms with van der Waals surface area (Å²) in [6, 6.07) is 9.20. The number of amides is 1. The SMILES string of the molecule is Cc1ccc(C(OS(=O)[O-])c2occc2C2CCN(C(=O)O)CC2)cc1. The minimum atomic E-state index is -2.71. The number of carbonyl (C=O) groups is 1. The molecule has 1 aromatic carbocycles. The maximum Gasteiger partial charge on any atom is 0.407 e. The fourth-order valence-corrected chi connectivity index (χ4v) is 3.69. The Balaban J connectivity index is 1.87. The van der Waals surface area contributed by atoms with E-state index >= 15 is 0 Å². The summed E-state index contributed by atoms with van der Waals surface area (Å²) in [5, 5.41) is 9.09. The fraction of sp³-hybridized carbons (Fsp3) is 0.389. The Morgan fingerprint density at radius 2 is 1.96 bits per heavy atom. The highest BCUT2D eigenvalue weighted by atomic mass is 32.2. The van der Waals surface area contributed by atoms with Gasteiger partial charge in [-0.15, -0.1) is 0 Å². The second kappa shape index (κ2) is 8.03. The molecule has 1 aromatic heterocycles. The monoisotopic (exact) mass is 378 g/mol. The predicted octanol–water partition coefficient (Wildman–Crippen LogP) is 3.35. The van der Waals surface area contributed by atoms with E-state index in [1.54, 1.807) is 0 Å². The topological polar surface area (TPSA) is 103 Å². The molecule has 1 aliphatic rings. The van der Waals surface area contributed by atoms with Crippen LogP contribution in [-0.2, 0) is 15.5 Å². The number of likely N-dealkylation sites (tertiary alicyclic amines) is 1. The predicted molar refractivity (Wildman–Crippen MR) is 93.3 cm³/mol. The van der Waals surface area contributed by atoms with Gasteiger partial charge in [-0.3, -0.25) is 4.18 Å². The number of carboxylic acid groups (broad SMARTS) is 1. The Labute approximate surface area is 154 Å². The van der Waals surface area contributed by atoms with E-state index in [1.807, 2.05) is 37.3 Å². The molecule has 7 nitrogen and oxygen atoms in total. The van der Waals surface area contributed by atoms with Crippen molar-refractivity contribution in [2.75, 3.05) is 13.1 Å². The first kappa shape index (κ1) is 18.6. The van der Waals surface area contributed by atoms with E-state index in [0.717, 1.165) is 11.1 Å². The van der Waals surface area contributed by atoms with E-state index in [9.17, 15) is 13.6 Å². The van der Waals surface area contributed by atoms with Gasteiger partial charge in [0.15, 0.2) is 6.10 Å². The molecule has 0 saturated carbocycles. The second-order valence-corrected chi connectivity index (χ2v) is 6.98. The van der Waals surface area contributed by atoms with Crippen LogP contribution < -0.4 is 0 Å². The number of rotatable bonds is 5. The molecule has 0 aliphatic carbocycles. The lowest BCUT2D eigenvalue weighted by atomic mass is 9.88. The highest BCUT2D eigenvalue weighted by Gasteiger charge is 2.30. The van der Waals surface area contributed by atoms with Gasteiger partial charge in [-0.05, 0) is 42.9 Å². The molecule has 0 radical (unpaired) electrons. The van der Waals surface area contributed by atoms with Crippen molar-refractivity contribution in [3.05, 3.63) is 59.0 Å². The number of nitrogens with zero attached hydrogens (tertiary/aromatic N) is 1. The molecular weight excluding hydrogens is 358 g/mol. The molecule has 1 fully saturated rings. The summed E-state index contributed by atoms with van der Waals surface area (Å²) in [6.45, 7) is 2.82. The molecule has 1 aliphatic heterocycles. The molecule has 140 valence electrons. The molecular formula is C18H20NO6S-. The van der Waals surface area contributed by atoms with Crippen molar-refractivity contribution in [2.24, 2.45) is 0 Å². The zero-order valence-electron chi connectivity index (χ0n) is 14.3. The zero-order chi connectivity index (χ0) is 18.7. The molecule has 26 heavy (non-hydrogen) atoms. The quantitative estimate of drug-likeness (QED) is 0.801. The summed E-state index contributed by atoms with van der Waals surface area (Å²) in [5.41, 5.74) is 2.60. The van der Waals surface area contributed by atoms with Crippen LogP contribution in [0.25, 0.3) is 0 Å². The van der Waals surface area contributed by atoms with Crippen molar-refractivity contribution in [2.45, 2.75) is 31.8 Å². The van der Waals surface area contributed by atoms with Gasteiger partial charge in [0.05, 0.1) is 17.6 Å². The molecule has 0 bridgehead atoms. The van der Waals surface area contributed by atoms with Gasteiger partial charge in [-0.25, -0.2) is 9.00 Å². The first-order chi connectivity index (χ1) is 12.5. The standard InChI is InChI=1S/C18H21NO6S/c1-12-2-4-14(5-3-12)16(25-26(22)23)17-15(8-11-24-17)13-6-9-19(10-7-13)18(20)21/h2-5,8,11,13,16H,6-7,9-10H2,1H3,(H,20,21)(H,22,23)/p-1. The number of hydrogen-bond donors (Lipinski definition) is 1. The van der Waals surface area contributed by atoms with Gasteiger partial charge < -0.3 is 19.0 Å². The first-order valence-electron chi connectivity index (χ1n) is 8.34. The summed E-state index contributed by atoms with van der Waals surface area (Å²) in [6.07, 6.45) is 1.04. The van der Waals surface area contributed by atoms with Crippen molar-refractivity contribution in [3.8, 4) is 0 Å². The number of piperidine rings is 1. The number of furan rings is 1. The Morgan fingerprint density at radius 3 is 2.54 bits per heavy atom. The molecule has 2 unspecified atom stereocenters. The van der Waals surface area contributed by atoms with Crippen molar-refractivity contribution in [1.82, 2.24) is 4.90 Å². The Morgan fingerprint density at radius 1 is 1.31 bits per heavy atom. The lowest BCUT2D eigenvalue weighted by molar-refractivity contribution is 0.131. The van der Waals surface area contributed by atoms with E-state index in [0.29, 0.717) is 37.3 Å². The van der Waals surface area contributed by atoms with Gasteiger partial charge in [-0.2, -0.15) is 0 Å². The van der Waals surface area contributed by atoms with Crippen LogP contribution >= 0.6 is 0 Å². The van der Waals surface area contributed by atoms with Crippen LogP contribution in [0.2, 0.25) is 0 Å². The maximum atomic E-state index is 11.2. The molecule has 2 atom stereocenters. The van der Waals surface area contributed by atoms with Gasteiger partial charge in [0.25, 0.3) is 0 Å². The smallest absolute Gasteiger partial charge is 0.407 e. The molecule has 1 N–H and O–H groups in total. The number of aryl methyl sites for hydroxylation is 1. The van der Waals surface area contributed by atoms with Crippen molar-refractivity contribution >= 4 is 17.5 Å². The molecule has 2 aromatic rings. The Hall–Kier alpha value is -2.16. The summed E-state index contributed by atoms with van der Waals surface area (Å²) in [4.78, 5) is 12.5. The molecule has 2 heterocycles. The minimum absolute atomic E-state index is 0.0935. The van der Waals surface area contributed by atoms with E-state index in [-0.39, 0.29) is 5.92 Å². The minimum Gasteiger partial charge on any atom is -0.750 e. The average Bonchev–Trinajstić information content (AvgIpc) is 3.10. The summed E-state index contributed by atoms with van der Waals surface area (Å²) >= 11 is -2.71. The number of hydrogen-bond acceptors (Lipinski definition) is 5. The van der Waals surface area contributed by atoms with Gasteiger partial charge in [0, 0.05) is 13.1 Å². The van der Waals surface area contributed by atoms with E-state index < -0.39 is 23.6 Å². The van der Waals surface area contributed by atoms with Crippen molar-refractivity contribution < 1.29 is 27.3 Å². The largest absolute Gasteiger partial charge is 0.750 e. The van der Waals surface area contributed by atoms with Gasteiger partial charge in [0.2, 0.25) is 0 Å². The van der Waals surface area contributed by atoms with Gasteiger partial charge >= 0.3 is 6.09 Å². The van der Waals surface area contributed by atoms with Crippen LogP contribution in [0.15, 0.2) is 41.0 Å². The number of benzene rings is 1. The molecule has 0 spiro atoms. The fourth-order valence-electron chi connectivity index (χ4n) is 3.33. The summed E-state index contributed by atoms with van der Waals surface area (Å²) in [7, 11) is 0. The second-order valence-electron chi connectivity index (χ2n) is 6.38. The third-order valence-electron chi connectivity index (χ3n) is 4.73. The molecule has 1 amide bonds. The van der Waals surface area contributed by atoms with Crippen LogP contribution in [0.4, 0.5) is 4.79 Å².